The number of hydrogen-bond acceptors (Lipinski definition) is 4. The molecule has 6 heteroatoms. The number of amides is 1. The van der Waals surface area contributed by atoms with Gasteiger partial charge in [0, 0.05) is 0 Å². The van der Waals surface area contributed by atoms with E-state index in [2.05, 4.69) is 5.32 Å². The number of aromatic hydroxyl groups is 1. The van der Waals surface area contributed by atoms with Gasteiger partial charge < -0.3 is 25.7 Å². The number of carboxylic acid groups (broad SMARTS) is 1. The highest BCUT2D eigenvalue weighted by Crippen LogP contribution is 2.35. The first-order chi connectivity index (χ1) is 9.33. The number of nitrogens with one attached hydrogen (secondary N) is 1. The van der Waals surface area contributed by atoms with Gasteiger partial charge in [0.05, 0.1) is 5.54 Å². The van der Waals surface area contributed by atoms with Gasteiger partial charge in [-0.1, -0.05) is 6.07 Å². The first-order valence-corrected chi connectivity index (χ1v) is 6.51. The van der Waals surface area contributed by atoms with E-state index in [1.165, 1.54) is 6.92 Å². The predicted molar refractivity (Wildman–Crippen MR) is 71.4 cm³/mol. The lowest BCUT2D eigenvalue weighted by atomic mass is 9.73. The average Bonchev–Trinajstić information content (AvgIpc) is 2.36. The zero-order valence-corrected chi connectivity index (χ0v) is 11.2. The fourth-order valence-electron chi connectivity index (χ4n) is 2.86. The fraction of sp³-hybridized carbons (Fsp3) is 0.500. The summed E-state index contributed by atoms with van der Waals surface area (Å²) < 4.78 is 0. The molecule has 2 unspecified atom stereocenters. The predicted octanol–water partition coefficient (Wildman–Crippen LogP) is 0.834. The largest absolute Gasteiger partial charge is 0.508 e. The molecule has 1 aliphatic carbocycles. The van der Waals surface area contributed by atoms with E-state index in [9.17, 15) is 20.1 Å². The van der Waals surface area contributed by atoms with E-state index >= 15 is 0 Å². The Hall–Kier alpha value is -1.79. The van der Waals surface area contributed by atoms with E-state index in [4.69, 9.17) is 5.11 Å². The molecule has 0 saturated heterocycles. The monoisotopic (exact) mass is 281 g/mol. The molecule has 0 heterocycles. The molecule has 110 valence electrons. The lowest BCUT2D eigenvalue weighted by molar-refractivity contribution is -0.120. The van der Waals surface area contributed by atoms with Gasteiger partial charge in [-0.25, -0.2) is 4.79 Å². The van der Waals surface area contributed by atoms with Crippen LogP contribution in [0, 0.1) is 5.92 Å². The normalized spacial score (nSPS) is 21.1. The van der Waals surface area contributed by atoms with Gasteiger partial charge in [0.15, 0.2) is 6.29 Å². The van der Waals surface area contributed by atoms with Gasteiger partial charge in [-0.15, -0.1) is 0 Å². The first kappa shape index (κ1) is 14.6. The molecule has 0 aromatic heterocycles. The highest BCUT2D eigenvalue weighted by molar-refractivity contribution is 5.65. The Morgan fingerprint density at radius 1 is 1.40 bits per heavy atom. The summed E-state index contributed by atoms with van der Waals surface area (Å²) >= 11 is 0. The number of aryl methyl sites for hydroxylation is 1. The van der Waals surface area contributed by atoms with Crippen molar-refractivity contribution in [3.8, 4) is 5.75 Å². The number of fused-ring (bicyclic) bond motifs is 1. The van der Waals surface area contributed by atoms with E-state index in [1.54, 1.807) is 18.2 Å². The minimum atomic E-state index is -1.78. The molecule has 6 nitrogen and oxygen atoms in total. The van der Waals surface area contributed by atoms with Crippen molar-refractivity contribution in [1.82, 2.24) is 5.32 Å². The van der Waals surface area contributed by atoms with Gasteiger partial charge in [0.2, 0.25) is 0 Å². The van der Waals surface area contributed by atoms with Crippen LogP contribution in [-0.4, -0.2) is 38.3 Å². The topological polar surface area (TPSA) is 110 Å². The minimum absolute atomic E-state index is 0.204. The number of benzene rings is 1. The molecule has 1 aromatic rings. The molecule has 2 rings (SSSR count). The Kier molecular flexibility index (Phi) is 3.87. The molecule has 0 fully saturated rings. The quantitative estimate of drug-likeness (QED) is 0.527. The van der Waals surface area contributed by atoms with Crippen LogP contribution in [0.2, 0.25) is 0 Å². The molecular formula is C14H19NO5. The number of aliphatic hydroxyl groups excluding tert-OH is 1. The van der Waals surface area contributed by atoms with E-state index in [1.807, 2.05) is 0 Å². The van der Waals surface area contributed by atoms with Crippen molar-refractivity contribution >= 4 is 6.09 Å². The standard InChI is InChI=1S/C14H19NO5/c1-14(12(17)18,15-13(19)20)10-4-2-9-7-11(16)5-3-8(9)6-10/h3,5,7,10,12,15-18H,2,4,6H2,1H3,(H,19,20). The molecule has 1 aliphatic rings. The molecule has 0 radical (unpaired) electrons. The molecule has 2 atom stereocenters. The Morgan fingerprint density at radius 3 is 2.70 bits per heavy atom. The average molecular weight is 281 g/mol. The maximum Gasteiger partial charge on any atom is 0.405 e. The molecule has 0 saturated carbocycles. The highest BCUT2D eigenvalue weighted by Gasteiger charge is 2.42. The van der Waals surface area contributed by atoms with Crippen LogP contribution in [0.15, 0.2) is 18.2 Å². The Labute approximate surface area is 116 Å². The van der Waals surface area contributed by atoms with Crippen LogP contribution in [0.1, 0.15) is 24.5 Å². The van der Waals surface area contributed by atoms with Crippen LogP contribution in [-0.2, 0) is 12.8 Å². The van der Waals surface area contributed by atoms with Gasteiger partial charge in [0.1, 0.15) is 5.75 Å². The number of aliphatic hydroxyl groups is 2. The maximum atomic E-state index is 10.9. The van der Waals surface area contributed by atoms with E-state index < -0.39 is 17.9 Å². The Morgan fingerprint density at radius 2 is 2.10 bits per heavy atom. The Balaban J connectivity index is 2.25. The molecule has 5 N–H and O–H groups in total. The summed E-state index contributed by atoms with van der Waals surface area (Å²) in [4.78, 5) is 10.9. The van der Waals surface area contributed by atoms with Gasteiger partial charge in [-0.2, -0.15) is 0 Å². The van der Waals surface area contributed by atoms with Gasteiger partial charge in [0.25, 0.3) is 0 Å². The number of rotatable bonds is 3. The van der Waals surface area contributed by atoms with Crippen molar-refractivity contribution in [1.29, 1.82) is 0 Å². The first-order valence-electron chi connectivity index (χ1n) is 6.51. The van der Waals surface area contributed by atoms with E-state index in [0.29, 0.717) is 19.3 Å². The van der Waals surface area contributed by atoms with Gasteiger partial charge in [-0.05, 0) is 55.4 Å². The molecule has 0 aliphatic heterocycles. The van der Waals surface area contributed by atoms with Crippen molar-refractivity contribution in [3.05, 3.63) is 29.3 Å². The summed E-state index contributed by atoms with van der Waals surface area (Å²) in [5.41, 5.74) is 0.700. The van der Waals surface area contributed by atoms with Crippen molar-refractivity contribution in [2.45, 2.75) is 38.0 Å². The van der Waals surface area contributed by atoms with E-state index in [-0.39, 0.29) is 11.7 Å². The molecule has 0 spiro atoms. The van der Waals surface area contributed by atoms with Crippen LogP contribution in [0.4, 0.5) is 4.79 Å². The van der Waals surface area contributed by atoms with E-state index in [0.717, 1.165) is 11.1 Å². The third-order valence-corrected chi connectivity index (χ3v) is 4.18. The van der Waals surface area contributed by atoms with Crippen LogP contribution in [0.5, 0.6) is 5.75 Å². The summed E-state index contributed by atoms with van der Waals surface area (Å²) in [6, 6.07) is 5.07. The lowest BCUT2D eigenvalue weighted by Crippen LogP contribution is -2.60. The van der Waals surface area contributed by atoms with Crippen LogP contribution >= 0.6 is 0 Å². The van der Waals surface area contributed by atoms with Crippen molar-refractivity contribution in [2.24, 2.45) is 5.92 Å². The summed E-state index contributed by atoms with van der Waals surface area (Å²) in [6.45, 7) is 1.50. The van der Waals surface area contributed by atoms with Crippen LogP contribution in [0.3, 0.4) is 0 Å². The highest BCUT2D eigenvalue weighted by atomic mass is 16.5. The summed E-state index contributed by atoms with van der Waals surface area (Å²) in [7, 11) is 0. The minimum Gasteiger partial charge on any atom is -0.508 e. The summed E-state index contributed by atoms with van der Waals surface area (Å²) in [6.07, 6.45) is -1.24. The molecular weight excluding hydrogens is 262 g/mol. The molecule has 0 bridgehead atoms. The smallest absolute Gasteiger partial charge is 0.405 e. The third-order valence-electron chi connectivity index (χ3n) is 4.18. The number of hydrogen-bond donors (Lipinski definition) is 5. The number of phenolic OH excluding ortho intramolecular Hbond substituents is 1. The zero-order valence-electron chi connectivity index (χ0n) is 11.2. The number of carbonyl (C=O) groups is 1. The molecule has 1 amide bonds. The summed E-state index contributed by atoms with van der Waals surface area (Å²) in [5, 5.41) is 39.7. The van der Waals surface area contributed by atoms with Crippen LogP contribution < -0.4 is 5.32 Å². The second kappa shape index (κ2) is 5.30. The molecule has 1 aromatic carbocycles. The second-order valence-electron chi connectivity index (χ2n) is 5.48. The second-order valence-corrected chi connectivity index (χ2v) is 5.48. The maximum absolute atomic E-state index is 10.9. The Bertz CT molecular complexity index is 516. The molecule has 20 heavy (non-hydrogen) atoms. The van der Waals surface area contributed by atoms with Crippen molar-refractivity contribution in [3.63, 3.8) is 0 Å². The van der Waals surface area contributed by atoms with Gasteiger partial charge in [-0.3, -0.25) is 0 Å². The summed E-state index contributed by atoms with van der Waals surface area (Å²) in [5.74, 6) is -0.0218. The van der Waals surface area contributed by atoms with Gasteiger partial charge >= 0.3 is 6.09 Å². The van der Waals surface area contributed by atoms with Crippen molar-refractivity contribution < 1.29 is 25.2 Å². The lowest BCUT2D eigenvalue weighted by Gasteiger charge is -2.41. The zero-order chi connectivity index (χ0) is 14.9. The SMILES string of the molecule is CC(NC(=O)O)(C(O)O)C1CCc2cc(O)ccc2C1. The number of phenols is 1. The fourth-order valence-corrected chi connectivity index (χ4v) is 2.86. The van der Waals surface area contributed by atoms with Crippen molar-refractivity contribution in [2.75, 3.05) is 0 Å². The third kappa shape index (κ3) is 2.71. The van der Waals surface area contributed by atoms with Crippen LogP contribution in [0.25, 0.3) is 0 Å².